The minimum absolute atomic E-state index is 0.0456. The molecule has 2 N–H and O–H groups in total. The zero-order valence-electron chi connectivity index (χ0n) is 15.2. The van der Waals surface area contributed by atoms with E-state index in [0.717, 1.165) is 29.8 Å². The summed E-state index contributed by atoms with van der Waals surface area (Å²) < 4.78 is 29.0. The third-order valence-corrected chi connectivity index (χ3v) is 6.11. The van der Waals surface area contributed by atoms with Gasteiger partial charge in [0.1, 0.15) is 0 Å². The Morgan fingerprint density at radius 3 is 2.65 bits per heavy atom. The number of benzene rings is 1. The van der Waals surface area contributed by atoms with Gasteiger partial charge in [-0.25, -0.2) is 13.1 Å². The van der Waals surface area contributed by atoms with Gasteiger partial charge in [0.2, 0.25) is 15.9 Å². The van der Waals surface area contributed by atoms with Crippen LogP contribution in [0.15, 0.2) is 29.2 Å². The summed E-state index contributed by atoms with van der Waals surface area (Å²) in [5.74, 6) is -0.155. The molecular formula is C18H24N4O3S. The molecule has 1 aliphatic carbocycles. The Balaban J connectivity index is 1.63. The van der Waals surface area contributed by atoms with Crippen LogP contribution in [0.5, 0.6) is 0 Å². The Hall–Kier alpha value is -2.19. The summed E-state index contributed by atoms with van der Waals surface area (Å²) in [4.78, 5) is 12.4. The Morgan fingerprint density at radius 1 is 1.31 bits per heavy atom. The lowest BCUT2D eigenvalue weighted by atomic mass is 10.1. The van der Waals surface area contributed by atoms with E-state index in [1.165, 1.54) is 12.1 Å². The number of carbonyl (C=O) groups excluding carboxylic acids is 1. The van der Waals surface area contributed by atoms with Gasteiger partial charge in [0.25, 0.3) is 0 Å². The highest BCUT2D eigenvalue weighted by molar-refractivity contribution is 7.89. The zero-order chi connectivity index (χ0) is 18.9. The van der Waals surface area contributed by atoms with Crippen LogP contribution in [-0.4, -0.2) is 30.1 Å². The van der Waals surface area contributed by atoms with Gasteiger partial charge in [0.15, 0.2) is 0 Å². The third-order valence-electron chi connectivity index (χ3n) is 4.59. The molecule has 26 heavy (non-hydrogen) atoms. The van der Waals surface area contributed by atoms with Gasteiger partial charge in [0, 0.05) is 30.9 Å². The van der Waals surface area contributed by atoms with Crippen molar-refractivity contribution in [2.75, 3.05) is 5.32 Å². The molecule has 8 heteroatoms. The van der Waals surface area contributed by atoms with E-state index in [1.807, 2.05) is 25.6 Å². The molecule has 3 rings (SSSR count). The maximum absolute atomic E-state index is 12.3. The molecule has 0 saturated heterocycles. The van der Waals surface area contributed by atoms with E-state index in [2.05, 4.69) is 15.1 Å². The van der Waals surface area contributed by atoms with Crippen LogP contribution in [0, 0.1) is 13.8 Å². The van der Waals surface area contributed by atoms with Crippen molar-refractivity contribution < 1.29 is 13.2 Å². The normalized spacial score (nSPS) is 14.4. The Kier molecular flexibility index (Phi) is 5.15. The standard InChI is InChI=1S/C18H24N4O3S/c1-12-17(13(2)22(3)20-12)9-10-18(23)19-15-5-4-6-16(11-15)26(24,25)21-14-7-8-14/h4-6,11,14,21H,7-10H2,1-3H3,(H,19,23). The third kappa shape index (κ3) is 4.31. The summed E-state index contributed by atoms with van der Waals surface area (Å²) in [6.45, 7) is 3.91. The SMILES string of the molecule is Cc1nn(C)c(C)c1CCC(=O)Nc1cccc(S(=O)(=O)NC2CC2)c1. The summed E-state index contributed by atoms with van der Waals surface area (Å²) in [7, 11) is -1.65. The molecule has 2 aromatic rings. The fourth-order valence-electron chi connectivity index (χ4n) is 2.87. The summed E-state index contributed by atoms with van der Waals surface area (Å²) >= 11 is 0. The minimum Gasteiger partial charge on any atom is -0.326 e. The second-order valence-electron chi connectivity index (χ2n) is 6.74. The molecule has 0 bridgehead atoms. The molecule has 1 saturated carbocycles. The molecule has 0 spiro atoms. The number of aromatic nitrogens is 2. The lowest BCUT2D eigenvalue weighted by molar-refractivity contribution is -0.116. The zero-order valence-corrected chi connectivity index (χ0v) is 16.1. The molecule has 0 unspecified atom stereocenters. The fraction of sp³-hybridized carbons (Fsp3) is 0.444. The maximum atomic E-state index is 12.3. The smallest absolute Gasteiger partial charge is 0.240 e. The number of sulfonamides is 1. The number of aryl methyl sites for hydroxylation is 2. The molecule has 1 aromatic carbocycles. The number of anilines is 1. The summed E-state index contributed by atoms with van der Waals surface area (Å²) in [6, 6.07) is 6.39. The number of amides is 1. The predicted molar refractivity (Wildman–Crippen MR) is 99.4 cm³/mol. The average molecular weight is 376 g/mol. The van der Waals surface area contributed by atoms with Gasteiger partial charge < -0.3 is 5.32 Å². The Bertz CT molecular complexity index is 930. The number of hydrogen-bond donors (Lipinski definition) is 2. The quantitative estimate of drug-likeness (QED) is 0.773. The van der Waals surface area contributed by atoms with Crippen LogP contribution in [0.1, 0.15) is 36.2 Å². The second-order valence-corrected chi connectivity index (χ2v) is 8.46. The number of nitrogens with one attached hydrogen (secondary N) is 2. The van der Waals surface area contributed by atoms with Gasteiger partial charge in [-0.3, -0.25) is 9.48 Å². The molecule has 0 radical (unpaired) electrons. The lowest BCUT2D eigenvalue weighted by Crippen LogP contribution is -2.25. The number of rotatable bonds is 7. The van der Waals surface area contributed by atoms with E-state index in [1.54, 1.807) is 12.1 Å². The first-order valence-electron chi connectivity index (χ1n) is 8.67. The monoisotopic (exact) mass is 376 g/mol. The molecule has 1 amide bonds. The van der Waals surface area contributed by atoms with Gasteiger partial charge in [-0.05, 0) is 56.9 Å². The van der Waals surface area contributed by atoms with Gasteiger partial charge in [-0.2, -0.15) is 5.10 Å². The maximum Gasteiger partial charge on any atom is 0.240 e. The predicted octanol–water partition coefficient (Wildman–Crippen LogP) is 2.05. The Morgan fingerprint density at radius 2 is 2.04 bits per heavy atom. The number of carbonyl (C=O) groups is 1. The summed E-state index contributed by atoms with van der Waals surface area (Å²) in [5.41, 5.74) is 3.53. The van der Waals surface area contributed by atoms with E-state index in [4.69, 9.17) is 0 Å². The van der Waals surface area contributed by atoms with Gasteiger partial charge >= 0.3 is 0 Å². The molecule has 0 aliphatic heterocycles. The minimum atomic E-state index is -3.53. The van der Waals surface area contributed by atoms with Crippen molar-refractivity contribution in [2.24, 2.45) is 7.05 Å². The molecule has 1 fully saturated rings. The van der Waals surface area contributed by atoms with Crippen LogP contribution < -0.4 is 10.0 Å². The first-order chi connectivity index (χ1) is 12.3. The van der Waals surface area contributed by atoms with Crippen LogP contribution in [0.25, 0.3) is 0 Å². The number of nitrogens with zero attached hydrogens (tertiary/aromatic N) is 2. The van der Waals surface area contributed by atoms with E-state index in [9.17, 15) is 13.2 Å². The van der Waals surface area contributed by atoms with Crippen LogP contribution in [-0.2, 0) is 28.3 Å². The molecule has 1 heterocycles. The van der Waals surface area contributed by atoms with Crippen LogP contribution in [0.2, 0.25) is 0 Å². The van der Waals surface area contributed by atoms with Crippen molar-refractivity contribution in [2.45, 2.75) is 50.5 Å². The van der Waals surface area contributed by atoms with Gasteiger partial charge in [-0.15, -0.1) is 0 Å². The van der Waals surface area contributed by atoms with Crippen molar-refractivity contribution in [1.29, 1.82) is 0 Å². The lowest BCUT2D eigenvalue weighted by Gasteiger charge is -2.09. The Labute approximate surface area is 153 Å². The molecule has 1 aliphatic rings. The highest BCUT2D eigenvalue weighted by Gasteiger charge is 2.28. The van der Waals surface area contributed by atoms with Crippen molar-refractivity contribution in [3.05, 3.63) is 41.2 Å². The highest BCUT2D eigenvalue weighted by atomic mass is 32.2. The second kappa shape index (κ2) is 7.20. The first kappa shape index (κ1) is 18.6. The number of hydrogen-bond acceptors (Lipinski definition) is 4. The first-order valence-corrected chi connectivity index (χ1v) is 10.2. The molecule has 1 aromatic heterocycles. The molecule has 7 nitrogen and oxygen atoms in total. The van der Waals surface area contributed by atoms with Crippen LogP contribution >= 0.6 is 0 Å². The van der Waals surface area contributed by atoms with Gasteiger partial charge in [-0.1, -0.05) is 6.07 Å². The van der Waals surface area contributed by atoms with E-state index < -0.39 is 10.0 Å². The van der Waals surface area contributed by atoms with Crippen molar-refractivity contribution in [3.8, 4) is 0 Å². The van der Waals surface area contributed by atoms with Crippen LogP contribution in [0.3, 0.4) is 0 Å². The van der Waals surface area contributed by atoms with Crippen molar-refractivity contribution in [3.63, 3.8) is 0 Å². The highest BCUT2D eigenvalue weighted by Crippen LogP contribution is 2.23. The average Bonchev–Trinajstić information content (AvgIpc) is 3.33. The summed E-state index contributed by atoms with van der Waals surface area (Å²) in [5, 5.41) is 7.13. The van der Waals surface area contributed by atoms with Crippen molar-refractivity contribution >= 4 is 21.6 Å². The molecule has 0 atom stereocenters. The van der Waals surface area contributed by atoms with E-state index in [-0.39, 0.29) is 16.8 Å². The topological polar surface area (TPSA) is 93.1 Å². The molecule has 140 valence electrons. The largest absolute Gasteiger partial charge is 0.326 e. The van der Waals surface area contributed by atoms with Gasteiger partial charge in [0.05, 0.1) is 10.6 Å². The van der Waals surface area contributed by atoms with Crippen molar-refractivity contribution in [1.82, 2.24) is 14.5 Å². The van der Waals surface area contributed by atoms with Crippen LogP contribution in [0.4, 0.5) is 5.69 Å². The molecular weight excluding hydrogens is 352 g/mol. The fourth-order valence-corrected chi connectivity index (χ4v) is 4.22. The van der Waals surface area contributed by atoms with E-state index in [0.29, 0.717) is 18.5 Å². The van der Waals surface area contributed by atoms with E-state index >= 15 is 0 Å². The summed E-state index contributed by atoms with van der Waals surface area (Å²) in [6.07, 6.45) is 2.66.